The van der Waals surface area contributed by atoms with Crippen LogP contribution in [0, 0.1) is 0 Å². The van der Waals surface area contributed by atoms with E-state index in [9.17, 15) is 0 Å². The highest BCUT2D eigenvalue weighted by Gasteiger charge is 2.00. The molecule has 2 rings (SSSR count). The predicted octanol–water partition coefficient (Wildman–Crippen LogP) is 2.27. The molecule has 0 aliphatic heterocycles. The Kier molecular flexibility index (Phi) is 3.28. The molecule has 4 nitrogen and oxygen atoms in total. The van der Waals surface area contributed by atoms with Crippen LogP contribution in [0.2, 0.25) is 5.15 Å². The van der Waals surface area contributed by atoms with Crippen LogP contribution in [-0.2, 0) is 5.75 Å². The van der Waals surface area contributed by atoms with Gasteiger partial charge in [-0.2, -0.15) is 0 Å². The van der Waals surface area contributed by atoms with Crippen molar-refractivity contribution >= 4 is 34.7 Å². The first kappa shape index (κ1) is 9.82. The van der Waals surface area contributed by atoms with Gasteiger partial charge in [-0.15, -0.1) is 10.2 Å². The number of thioether (sulfide) groups is 1. The van der Waals surface area contributed by atoms with Crippen LogP contribution in [-0.4, -0.2) is 20.2 Å². The summed E-state index contributed by atoms with van der Waals surface area (Å²) in [6.07, 6.45) is 3.20. The van der Waals surface area contributed by atoms with E-state index in [2.05, 4.69) is 20.2 Å². The van der Waals surface area contributed by atoms with Crippen molar-refractivity contribution in [1.29, 1.82) is 0 Å². The highest BCUT2D eigenvalue weighted by atomic mass is 35.5. The summed E-state index contributed by atoms with van der Waals surface area (Å²) in [5.74, 6) is 0.735. The molecule has 0 unspecified atom stereocenters. The van der Waals surface area contributed by atoms with Gasteiger partial charge >= 0.3 is 0 Å². The standard InChI is InChI=1S/C7H5ClN4S2/c8-6-2-9-5(1-10-6)3-13-7-12-11-4-14-7/h1-2,4H,3H2. The molecule has 0 saturated carbocycles. The summed E-state index contributed by atoms with van der Waals surface area (Å²) >= 11 is 8.71. The number of rotatable bonds is 3. The Labute approximate surface area is 93.8 Å². The molecule has 0 saturated heterocycles. The van der Waals surface area contributed by atoms with Crippen LogP contribution in [0.5, 0.6) is 0 Å². The first-order chi connectivity index (χ1) is 6.84. The van der Waals surface area contributed by atoms with Crippen molar-refractivity contribution < 1.29 is 0 Å². The van der Waals surface area contributed by atoms with E-state index in [-0.39, 0.29) is 0 Å². The molecule has 2 aromatic heterocycles. The smallest absolute Gasteiger partial charge is 0.174 e. The Bertz CT molecular complexity index is 389. The number of hydrogen-bond acceptors (Lipinski definition) is 6. The SMILES string of the molecule is Clc1cnc(CSc2nncs2)cn1. The fraction of sp³-hybridized carbons (Fsp3) is 0.143. The van der Waals surface area contributed by atoms with Crippen LogP contribution < -0.4 is 0 Å². The molecule has 7 heteroatoms. The largest absolute Gasteiger partial charge is 0.256 e. The molecule has 14 heavy (non-hydrogen) atoms. The van der Waals surface area contributed by atoms with Gasteiger partial charge in [-0.25, -0.2) is 4.98 Å². The zero-order chi connectivity index (χ0) is 9.80. The Balaban J connectivity index is 1.95. The predicted molar refractivity (Wildman–Crippen MR) is 56.5 cm³/mol. The summed E-state index contributed by atoms with van der Waals surface area (Å²) in [4.78, 5) is 8.05. The third kappa shape index (κ3) is 2.63. The third-order valence-corrected chi connectivity index (χ3v) is 3.45. The zero-order valence-corrected chi connectivity index (χ0v) is 9.31. The van der Waals surface area contributed by atoms with E-state index in [1.807, 2.05) is 0 Å². The molecule has 0 aromatic carbocycles. The second kappa shape index (κ2) is 4.68. The normalized spacial score (nSPS) is 10.4. The average molecular weight is 245 g/mol. The molecule has 0 bridgehead atoms. The first-order valence-corrected chi connectivity index (χ1v) is 5.94. The number of halogens is 1. The average Bonchev–Trinajstić information content (AvgIpc) is 2.70. The molecular formula is C7H5ClN4S2. The van der Waals surface area contributed by atoms with Gasteiger partial charge in [0.1, 0.15) is 10.7 Å². The van der Waals surface area contributed by atoms with Crippen molar-refractivity contribution in [2.45, 2.75) is 10.1 Å². The maximum atomic E-state index is 5.61. The molecule has 0 fully saturated rings. The van der Waals surface area contributed by atoms with E-state index in [1.54, 1.807) is 23.5 Å². The molecule has 0 N–H and O–H groups in total. The number of nitrogens with zero attached hydrogens (tertiary/aromatic N) is 4. The summed E-state index contributed by atoms with van der Waals surface area (Å²) in [5, 5.41) is 8.06. The van der Waals surface area contributed by atoms with Gasteiger partial charge in [0.15, 0.2) is 4.34 Å². The van der Waals surface area contributed by atoms with Crippen LogP contribution in [0.25, 0.3) is 0 Å². The van der Waals surface area contributed by atoms with Gasteiger partial charge < -0.3 is 0 Å². The Hall–Kier alpha value is -0.720. The Morgan fingerprint density at radius 3 is 2.93 bits per heavy atom. The van der Waals surface area contributed by atoms with E-state index in [1.165, 1.54) is 17.5 Å². The molecule has 0 aliphatic rings. The highest BCUT2D eigenvalue weighted by molar-refractivity contribution is 8.00. The van der Waals surface area contributed by atoms with Gasteiger partial charge in [0.2, 0.25) is 0 Å². The zero-order valence-electron chi connectivity index (χ0n) is 6.92. The van der Waals surface area contributed by atoms with Crippen molar-refractivity contribution in [1.82, 2.24) is 20.2 Å². The van der Waals surface area contributed by atoms with Crippen LogP contribution in [0.3, 0.4) is 0 Å². The topological polar surface area (TPSA) is 51.6 Å². The van der Waals surface area contributed by atoms with Crippen molar-refractivity contribution in [3.8, 4) is 0 Å². The van der Waals surface area contributed by atoms with Crippen LogP contribution in [0.4, 0.5) is 0 Å². The van der Waals surface area contributed by atoms with E-state index < -0.39 is 0 Å². The summed E-state index contributed by atoms with van der Waals surface area (Å²) in [6.45, 7) is 0. The first-order valence-electron chi connectivity index (χ1n) is 3.70. The second-order valence-electron chi connectivity index (χ2n) is 2.32. The van der Waals surface area contributed by atoms with Crippen molar-refractivity contribution in [3.63, 3.8) is 0 Å². The molecule has 0 spiro atoms. The summed E-state index contributed by atoms with van der Waals surface area (Å²) in [7, 11) is 0. The minimum Gasteiger partial charge on any atom is -0.256 e. The Morgan fingerprint density at radius 1 is 1.36 bits per heavy atom. The molecular weight excluding hydrogens is 240 g/mol. The Morgan fingerprint density at radius 2 is 2.29 bits per heavy atom. The minimum atomic E-state index is 0.412. The second-order valence-corrected chi connectivity index (χ2v) is 4.77. The third-order valence-electron chi connectivity index (χ3n) is 1.36. The van der Waals surface area contributed by atoms with E-state index in [0.717, 1.165) is 15.8 Å². The number of aromatic nitrogens is 4. The summed E-state index contributed by atoms with van der Waals surface area (Å²) < 4.78 is 0.932. The molecule has 2 aromatic rings. The van der Waals surface area contributed by atoms with Gasteiger partial charge in [-0.05, 0) is 0 Å². The van der Waals surface area contributed by atoms with Crippen molar-refractivity contribution in [3.05, 3.63) is 28.8 Å². The maximum absolute atomic E-state index is 5.61. The van der Waals surface area contributed by atoms with Gasteiger partial charge in [-0.3, -0.25) is 4.98 Å². The number of hydrogen-bond donors (Lipinski definition) is 0. The lowest BCUT2D eigenvalue weighted by Gasteiger charge is -1.96. The fourth-order valence-electron chi connectivity index (χ4n) is 0.775. The summed E-state index contributed by atoms with van der Waals surface area (Å²) in [5.41, 5.74) is 2.59. The fourth-order valence-corrected chi connectivity index (χ4v) is 2.25. The van der Waals surface area contributed by atoms with Gasteiger partial charge in [-0.1, -0.05) is 34.7 Å². The summed E-state index contributed by atoms with van der Waals surface area (Å²) in [6, 6.07) is 0. The molecule has 2 heterocycles. The van der Waals surface area contributed by atoms with Crippen LogP contribution >= 0.6 is 34.7 Å². The highest BCUT2D eigenvalue weighted by Crippen LogP contribution is 2.22. The van der Waals surface area contributed by atoms with Crippen molar-refractivity contribution in [2.75, 3.05) is 0 Å². The van der Waals surface area contributed by atoms with Gasteiger partial charge in [0.25, 0.3) is 0 Å². The lowest BCUT2D eigenvalue weighted by atomic mass is 10.5. The van der Waals surface area contributed by atoms with Crippen LogP contribution in [0.1, 0.15) is 5.69 Å². The molecule has 0 radical (unpaired) electrons. The van der Waals surface area contributed by atoms with Gasteiger partial charge in [0.05, 0.1) is 18.1 Å². The van der Waals surface area contributed by atoms with Crippen LogP contribution in [0.15, 0.2) is 22.2 Å². The monoisotopic (exact) mass is 244 g/mol. The molecule has 0 amide bonds. The van der Waals surface area contributed by atoms with E-state index >= 15 is 0 Å². The van der Waals surface area contributed by atoms with Gasteiger partial charge in [0, 0.05) is 5.75 Å². The quantitative estimate of drug-likeness (QED) is 0.776. The molecule has 0 atom stereocenters. The lowest BCUT2D eigenvalue weighted by Crippen LogP contribution is -1.88. The minimum absolute atomic E-state index is 0.412. The van der Waals surface area contributed by atoms with E-state index in [4.69, 9.17) is 11.6 Å². The van der Waals surface area contributed by atoms with Crippen molar-refractivity contribution in [2.24, 2.45) is 0 Å². The molecule has 72 valence electrons. The maximum Gasteiger partial charge on any atom is 0.174 e. The van der Waals surface area contributed by atoms with E-state index in [0.29, 0.717) is 5.15 Å². The molecule has 0 aliphatic carbocycles. The lowest BCUT2D eigenvalue weighted by molar-refractivity contribution is 1.01.